The fourth-order valence-electron chi connectivity index (χ4n) is 1.33. The summed E-state index contributed by atoms with van der Waals surface area (Å²) in [6, 6.07) is 6.90. The van der Waals surface area contributed by atoms with Crippen LogP contribution in [0.15, 0.2) is 24.8 Å². The van der Waals surface area contributed by atoms with Crippen LogP contribution in [0.25, 0.3) is 5.57 Å². The number of hydrogen-bond donors (Lipinski definition) is 0. The Hall–Kier alpha value is -2.28. The molecular formula is C12H11NO3. The van der Waals surface area contributed by atoms with Gasteiger partial charge in [-0.05, 0) is 12.1 Å². The third-order valence-corrected chi connectivity index (χ3v) is 2.10. The van der Waals surface area contributed by atoms with E-state index in [0.717, 1.165) is 0 Å². The van der Waals surface area contributed by atoms with Gasteiger partial charge in [0.25, 0.3) is 0 Å². The minimum atomic E-state index is -0.582. The quantitative estimate of drug-likeness (QED) is 0.571. The van der Waals surface area contributed by atoms with E-state index in [1.165, 1.54) is 14.2 Å². The van der Waals surface area contributed by atoms with Crippen LogP contribution >= 0.6 is 0 Å². The Kier molecular flexibility index (Phi) is 3.67. The molecular weight excluding hydrogens is 206 g/mol. The second-order valence-corrected chi connectivity index (χ2v) is 2.96. The summed E-state index contributed by atoms with van der Waals surface area (Å²) in [5.74, 6) is -0.157. The predicted octanol–water partition coefficient (Wildman–Crippen LogP) is 1.75. The summed E-state index contributed by atoms with van der Waals surface area (Å²) >= 11 is 0. The average Bonchev–Trinajstić information content (AvgIpc) is 2.35. The number of ether oxygens (including phenoxy) is 2. The highest BCUT2D eigenvalue weighted by atomic mass is 16.5. The van der Waals surface area contributed by atoms with Gasteiger partial charge in [0.1, 0.15) is 5.75 Å². The average molecular weight is 217 g/mol. The topological polar surface area (TPSA) is 59.3 Å². The van der Waals surface area contributed by atoms with Crippen LogP contribution in [-0.2, 0) is 9.53 Å². The van der Waals surface area contributed by atoms with Gasteiger partial charge in [-0.2, -0.15) is 5.26 Å². The fourth-order valence-corrected chi connectivity index (χ4v) is 1.33. The van der Waals surface area contributed by atoms with Crippen LogP contribution in [0.5, 0.6) is 5.75 Å². The number of methoxy groups -OCH3 is 2. The van der Waals surface area contributed by atoms with Gasteiger partial charge in [-0.15, -0.1) is 0 Å². The lowest BCUT2D eigenvalue weighted by Crippen LogP contribution is -2.05. The van der Waals surface area contributed by atoms with Crippen molar-refractivity contribution in [3.8, 4) is 11.8 Å². The van der Waals surface area contributed by atoms with E-state index in [-0.39, 0.29) is 5.57 Å². The van der Waals surface area contributed by atoms with E-state index in [1.807, 2.05) is 6.07 Å². The van der Waals surface area contributed by atoms with Gasteiger partial charge in [-0.1, -0.05) is 12.6 Å². The minimum Gasteiger partial charge on any atom is -0.496 e. The highest BCUT2D eigenvalue weighted by molar-refractivity contribution is 6.17. The molecule has 0 N–H and O–H groups in total. The van der Waals surface area contributed by atoms with E-state index in [4.69, 9.17) is 10.00 Å². The van der Waals surface area contributed by atoms with E-state index in [0.29, 0.717) is 16.9 Å². The Balaban J connectivity index is 3.35. The Morgan fingerprint density at radius 3 is 2.62 bits per heavy atom. The maximum Gasteiger partial charge on any atom is 0.338 e. The Morgan fingerprint density at radius 2 is 2.12 bits per heavy atom. The fraction of sp³-hybridized carbons (Fsp3) is 0.167. The number of carbonyl (C=O) groups excluding carboxylic acids is 1. The Bertz CT molecular complexity index is 472. The number of nitriles is 1. The van der Waals surface area contributed by atoms with Crippen molar-refractivity contribution in [3.63, 3.8) is 0 Å². The highest BCUT2D eigenvalue weighted by Gasteiger charge is 2.18. The first-order valence-corrected chi connectivity index (χ1v) is 4.50. The lowest BCUT2D eigenvalue weighted by molar-refractivity contribution is -0.133. The molecule has 1 rings (SSSR count). The predicted molar refractivity (Wildman–Crippen MR) is 58.8 cm³/mol. The van der Waals surface area contributed by atoms with Gasteiger partial charge in [0.05, 0.1) is 31.4 Å². The van der Waals surface area contributed by atoms with Crippen LogP contribution in [0.1, 0.15) is 11.1 Å². The summed E-state index contributed by atoms with van der Waals surface area (Å²) in [6.45, 7) is 3.61. The molecule has 0 saturated heterocycles. The zero-order valence-corrected chi connectivity index (χ0v) is 9.11. The molecule has 0 fully saturated rings. The summed E-state index contributed by atoms with van der Waals surface area (Å²) in [7, 11) is 2.72. The first-order valence-electron chi connectivity index (χ1n) is 4.50. The summed E-state index contributed by atoms with van der Waals surface area (Å²) in [6.07, 6.45) is 0. The zero-order chi connectivity index (χ0) is 12.1. The molecule has 16 heavy (non-hydrogen) atoms. The lowest BCUT2D eigenvalue weighted by atomic mass is 10.0. The molecule has 4 nitrogen and oxygen atoms in total. The van der Waals surface area contributed by atoms with Gasteiger partial charge >= 0.3 is 5.97 Å². The molecule has 0 atom stereocenters. The zero-order valence-electron chi connectivity index (χ0n) is 9.11. The molecule has 0 amide bonds. The summed E-state index contributed by atoms with van der Waals surface area (Å²) in [5, 5.41) is 8.94. The molecule has 0 saturated carbocycles. The van der Waals surface area contributed by atoms with Crippen molar-refractivity contribution in [1.82, 2.24) is 0 Å². The second kappa shape index (κ2) is 4.99. The molecule has 0 heterocycles. The van der Waals surface area contributed by atoms with Crippen molar-refractivity contribution < 1.29 is 14.3 Å². The smallest absolute Gasteiger partial charge is 0.338 e. The van der Waals surface area contributed by atoms with Crippen molar-refractivity contribution in [3.05, 3.63) is 35.9 Å². The molecule has 1 aromatic carbocycles. The summed E-state index contributed by atoms with van der Waals surface area (Å²) < 4.78 is 9.65. The lowest BCUT2D eigenvalue weighted by Gasteiger charge is -2.10. The normalized spacial score (nSPS) is 9.06. The molecule has 0 unspecified atom stereocenters. The largest absolute Gasteiger partial charge is 0.496 e. The van der Waals surface area contributed by atoms with Gasteiger partial charge in [0.15, 0.2) is 0 Å². The van der Waals surface area contributed by atoms with Crippen LogP contribution in [0, 0.1) is 11.3 Å². The van der Waals surface area contributed by atoms with Gasteiger partial charge in [-0.3, -0.25) is 0 Å². The van der Waals surface area contributed by atoms with Crippen molar-refractivity contribution in [2.75, 3.05) is 14.2 Å². The van der Waals surface area contributed by atoms with Crippen molar-refractivity contribution in [1.29, 1.82) is 5.26 Å². The van der Waals surface area contributed by atoms with Crippen LogP contribution in [0.3, 0.4) is 0 Å². The third kappa shape index (κ3) is 2.04. The molecule has 0 bridgehead atoms. The molecule has 0 spiro atoms. The van der Waals surface area contributed by atoms with Crippen molar-refractivity contribution in [2.24, 2.45) is 0 Å². The molecule has 4 heteroatoms. The molecule has 0 aliphatic heterocycles. The minimum absolute atomic E-state index is 0.108. The van der Waals surface area contributed by atoms with E-state index < -0.39 is 5.97 Å². The first-order chi connectivity index (χ1) is 7.65. The van der Waals surface area contributed by atoms with Crippen molar-refractivity contribution in [2.45, 2.75) is 0 Å². The van der Waals surface area contributed by atoms with E-state index in [2.05, 4.69) is 11.3 Å². The highest BCUT2D eigenvalue weighted by Crippen LogP contribution is 2.28. The molecule has 0 aliphatic rings. The van der Waals surface area contributed by atoms with Gasteiger partial charge in [0, 0.05) is 5.56 Å². The number of carbonyl (C=O) groups is 1. The Labute approximate surface area is 93.7 Å². The monoisotopic (exact) mass is 217 g/mol. The van der Waals surface area contributed by atoms with Crippen LogP contribution in [-0.4, -0.2) is 20.2 Å². The van der Waals surface area contributed by atoms with Crippen LogP contribution < -0.4 is 4.74 Å². The molecule has 0 aliphatic carbocycles. The van der Waals surface area contributed by atoms with E-state index in [1.54, 1.807) is 18.2 Å². The van der Waals surface area contributed by atoms with Gasteiger partial charge < -0.3 is 9.47 Å². The summed E-state index contributed by atoms with van der Waals surface area (Å²) in [5.41, 5.74) is 0.811. The number of nitrogens with zero attached hydrogens (tertiary/aromatic N) is 1. The van der Waals surface area contributed by atoms with Crippen LogP contribution in [0.4, 0.5) is 0 Å². The molecule has 1 aromatic rings. The molecule has 0 aromatic heterocycles. The second-order valence-electron chi connectivity index (χ2n) is 2.96. The van der Waals surface area contributed by atoms with Gasteiger partial charge in [0.2, 0.25) is 0 Å². The maximum absolute atomic E-state index is 11.4. The third-order valence-electron chi connectivity index (χ3n) is 2.10. The standard InChI is InChI=1S/C12H11NO3/c1-8(12(14)16-3)11-9(7-13)5-4-6-10(11)15-2/h4-6H,1H2,2-3H3. The number of rotatable bonds is 3. The number of hydrogen-bond acceptors (Lipinski definition) is 4. The summed E-state index contributed by atoms with van der Waals surface area (Å²) in [4.78, 5) is 11.4. The SMILES string of the molecule is C=C(C(=O)OC)c1c(C#N)cccc1OC. The number of esters is 1. The first kappa shape index (κ1) is 11.8. The van der Waals surface area contributed by atoms with Crippen molar-refractivity contribution >= 4 is 11.5 Å². The number of benzene rings is 1. The van der Waals surface area contributed by atoms with E-state index in [9.17, 15) is 4.79 Å². The maximum atomic E-state index is 11.4. The molecule has 0 radical (unpaired) electrons. The van der Waals surface area contributed by atoms with Gasteiger partial charge in [-0.25, -0.2) is 4.79 Å². The van der Waals surface area contributed by atoms with Crippen LogP contribution in [0.2, 0.25) is 0 Å². The van der Waals surface area contributed by atoms with E-state index >= 15 is 0 Å². The molecule has 82 valence electrons. The Morgan fingerprint density at radius 1 is 1.44 bits per heavy atom.